The van der Waals surface area contributed by atoms with Crippen LogP contribution in [0.1, 0.15) is 60.1 Å². The zero-order valence-electron chi connectivity index (χ0n) is 17.1. The zero-order valence-corrected chi connectivity index (χ0v) is 17.1. The van der Waals surface area contributed by atoms with Crippen molar-refractivity contribution in [2.24, 2.45) is 0 Å². The summed E-state index contributed by atoms with van der Waals surface area (Å²) >= 11 is 0. The van der Waals surface area contributed by atoms with Crippen LogP contribution < -0.4 is 10.2 Å². The minimum atomic E-state index is -0.815. The molecule has 3 amide bonds. The van der Waals surface area contributed by atoms with E-state index in [-0.39, 0.29) is 30.3 Å². The van der Waals surface area contributed by atoms with Crippen LogP contribution in [0.15, 0.2) is 48.5 Å². The number of nitrogens with zero attached hydrogens (tertiary/aromatic N) is 2. The molecule has 154 valence electrons. The summed E-state index contributed by atoms with van der Waals surface area (Å²) in [5.41, 5.74) is 2.74. The van der Waals surface area contributed by atoms with E-state index in [0.717, 1.165) is 24.8 Å². The molecule has 5 rings (SSSR count). The molecule has 0 aromatic heterocycles. The summed E-state index contributed by atoms with van der Waals surface area (Å²) in [5.74, 6) is -0.396. The molecule has 2 aliphatic heterocycles. The number of nitrogens with one attached hydrogen (secondary N) is 1. The van der Waals surface area contributed by atoms with Gasteiger partial charge in [-0.25, -0.2) is 0 Å². The second kappa shape index (κ2) is 6.97. The Morgan fingerprint density at radius 3 is 2.73 bits per heavy atom. The molecular formula is C24H25N3O3. The van der Waals surface area contributed by atoms with Crippen molar-refractivity contribution in [3.63, 3.8) is 0 Å². The topological polar surface area (TPSA) is 69.7 Å². The molecule has 6 nitrogen and oxygen atoms in total. The van der Waals surface area contributed by atoms with Gasteiger partial charge in [0.25, 0.3) is 5.91 Å². The van der Waals surface area contributed by atoms with E-state index in [0.29, 0.717) is 24.1 Å². The molecule has 1 saturated heterocycles. The molecule has 0 unspecified atom stereocenters. The van der Waals surface area contributed by atoms with Crippen molar-refractivity contribution in [2.75, 3.05) is 11.4 Å². The molecule has 0 bridgehead atoms. The first-order chi connectivity index (χ1) is 14.5. The molecule has 2 aromatic rings. The lowest BCUT2D eigenvalue weighted by Gasteiger charge is -2.48. The van der Waals surface area contributed by atoms with Gasteiger partial charge in [0.05, 0.1) is 17.3 Å². The Morgan fingerprint density at radius 2 is 1.87 bits per heavy atom. The number of aryl methyl sites for hydroxylation is 1. The van der Waals surface area contributed by atoms with E-state index in [2.05, 4.69) is 17.4 Å². The standard InChI is InChI=1S/C24H25N3O3/c1-24-14-13-22(29)27(24)20-12-5-4-10-18(20)23(30)26(24)15-21(28)25-19-11-6-8-16-7-2-3-9-17(16)19/h2-5,7,9-10,12,19H,6,8,11,13-15H2,1H3,(H,25,28)/t19-,24+/m0/s1. The van der Waals surface area contributed by atoms with Crippen LogP contribution in [0, 0.1) is 0 Å². The Bertz CT molecular complexity index is 1050. The first kappa shape index (κ1) is 18.9. The number of benzene rings is 2. The molecule has 0 radical (unpaired) electrons. The number of carbonyl (C=O) groups excluding carboxylic acids is 3. The molecule has 30 heavy (non-hydrogen) atoms. The Labute approximate surface area is 175 Å². The third-order valence-electron chi connectivity index (χ3n) is 6.75. The Balaban J connectivity index is 1.41. The predicted octanol–water partition coefficient (Wildman–Crippen LogP) is 3.18. The van der Waals surface area contributed by atoms with E-state index in [1.54, 1.807) is 21.9 Å². The normalized spacial score (nSPS) is 24.9. The van der Waals surface area contributed by atoms with Crippen LogP contribution in [0.3, 0.4) is 0 Å². The van der Waals surface area contributed by atoms with Crippen molar-refractivity contribution in [2.45, 2.75) is 50.7 Å². The van der Waals surface area contributed by atoms with Gasteiger partial charge >= 0.3 is 0 Å². The first-order valence-corrected chi connectivity index (χ1v) is 10.6. The molecule has 2 heterocycles. The fourth-order valence-electron chi connectivity index (χ4n) is 5.23. The number of amides is 3. The maximum atomic E-state index is 13.3. The number of para-hydroxylation sites is 1. The van der Waals surface area contributed by atoms with Crippen LogP contribution in [0.25, 0.3) is 0 Å². The number of anilines is 1. The van der Waals surface area contributed by atoms with Crippen LogP contribution in [0.2, 0.25) is 0 Å². The van der Waals surface area contributed by atoms with Gasteiger partial charge in [-0.1, -0.05) is 36.4 Å². The lowest BCUT2D eigenvalue weighted by atomic mass is 9.87. The van der Waals surface area contributed by atoms with Crippen molar-refractivity contribution >= 4 is 23.4 Å². The highest BCUT2D eigenvalue weighted by molar-refractivity contribution is 6.11. The molecule has 6 heteroatoms. The maximum absolute atomic E-state index is 13.3. The minimum Gasteiger partial charge on any atom is -0.348 e. The number of carbonyl (C=O) groups is 3. The van der Waals surface area contributed by atoms with Crippen LogP contribution >= 0.6 is 0 Å². The first-order valence-electron chi connectivity index (χ1n) is 10.6. The Hall–Kier alpha value is -3.15. The fourth-order valence-corrected chi connectivity index (χ4v) is 5.23. The van der Waals surface area contributed by atoms with Crippen LogP contribution in [-0.2, 0) is 16.0 Å². The van der Waals surface area contributed by atoms with Gasteiger partial charge < -0.3 is 10.2 Å². The third kappa shape index (κ3) is 2.82. The predicted molar refractivity (Wildman–Crippen MR) is 113 cm³/mol. The van der Waals surface area contributed by atoms with Gasteiger partial charge in [0.1, 0.15) is 12.2 Å². The van der Waals surface area contributed by atoms with E-state index in [9.17, 15) is 14.4 Å². The van der Waals surface area contributed by atoms with E-state index in [4.69, 9.17) is 0 Å². The second-order valence-electron chi connectivity index (χ2n) is 8.57. The van der Waals surface area contributed by atoms with E-state index >= 15 is 0 Å². The number of rotatable bonds is 3. The molecule has 2 atom stereocenters. The number of hydrogen-bond acceptors (Lipinski definition) is 3. The molecule has 1 N–H and O–H groups in total. The lowest BCUT2D eigenvalue weighted by Crippen LogP contribution is -2.64. The largest absolute Gasteiger partial charge is 0.348 e. The average Bonchev–Trinajstić information content (AvgIpc) is 3.07. The van der Waals surface area contributed by atoms with Crippen molar-refractivity contribution in [1.82, 2.24) is 10.2 Å². The minimum absolute atomic E-state index is 0.0101. The van der Waals surface area contributed by atoms with Gasteiger partial charge in [-0.3, -0.25) is 19.3 Å². The monoisotopic (exact) mass is 403 g/mol. The Kier molecular flexibility index (Phi) is 4.38. The quantitative estimate of drug-likeness (QED) is 0.856. The molecule has 0 spiro atoms. The van der Waals surface area contributed by atoms with Gasteiger partial charge in [0, 0.05) is 6.42 Å². The molecule has 3 aliphatic rings. The van der Waals surface area contributed by atoms with E-state index in [1.165, 1.54) is 5.56 Å². The summed E-state index contributed by atoms with van der Waals surface area (Å²) in [4.78, 5) is 42.3. The third-order valence-corrected chi connectivity index (χ3v) is 6.75. The molecule has 1 fully saturated rings. The van der Waals surface area contributed by atoms with Crippen molar-refractivity contribution in [3.8, 4) is 0 Å². The van der Waals surface area contributed by atoms with Gasteiger partial charge in [-0.2, -0.15) is 0 Å². The van der Waals surface area contributed by atoms with Gasteiger partial charge in [0.15, 0.2) is 0 Å². The number of hydrogen-bond donors (Lipinski definition) is 1. The average molecular weight is 403 g/mol. The summed E-state index contributed by atoms with van der Waals surface area (Å²) in [6.07, 6.45) is 3.83. The summed E-state index contributed by atoms with van der Waals surface area (Å²) in [6, 6.07) is 15.3. The number of fused-ring (bicyclic) bond motifs is 4. The highest BCUT2D eigenvalue weighted by Gasteiger charge is 2.53. The second-order valence-corrected chi connectivity index (χ2v) is 8.57. The Morgan fingerprint density at radius 1 is 1.10 bits per heavy atom. The molecule has 2 aromatic carbocycles. The summed E-state index contributed by atoms with van der Waals surface area (Å²) in [5, 5.41) is 3.14. The fraction of sp³-hybridized carbons (Fsp3) is 0.375. The highest BCUT2D eigenvalue weighted by Crippen LogP contribution is 2.43. The van der Waals surface area contributed by atoms with Gasteiger partial charge in [-0.05, 0) is 55.9 Å². The van der Waals surface area contributed by atoms with Crippen LogP contribution in [-0.4, -0.2) is 34.8 Å². The van der Waals surface area contributed by atoms with Gasteiger partial charge in [0.2, 0.25) is 11.8 Å². The maximum Gasteiger partial charge on any atom is 0.258 e. The molecular weight excluding hydrogens is 378 g/mol. The molecule has 0 saturated carbocycles. The summed E-state index contributed by atoms with van der Waals surface area (Å²) in [6.45, 7) is 1.82. The highest BCUT2D eigenvalue weighted by atomic mass is 16.2. The van der Waals surface area contributed by atoms with Crippen LogP contribution in [0.5, 0.6) is 0 Å². The summed E-state index contributed by atoms with van der Waals surface area (Å²) in [7, 11) is 0. The SMILES string of the molecule is C[C@]12CCC(=O)N1c1ccccc1C(=O)N2CC(=O)N[C@H]1CCCc2ccccc21. The lowest BCUT2D eigenvalue weighted by molar-refractivity contribution is -0.124. The molecule has 1 aliphatic carbocycles. The van der Waals surface area contributed by atoms with Crippen molar-refractivity contribution in [3.05, 3.63) is 65.2 Å². The summed E-state index contributed by atoms with van der Waals surface area (Å²) < 4.78 is 0. The zero-order chi connectivity index (χ0) is 20.9. The van der Waals surface area contributed by atoms with E-state index < -0.39 is 5.66 Å². The van der Waals surface area contributed by atoms with Gasteiger partial charge in [-0.15, -0.1) is 0 Å². The van der Waals surface area contributed by atoms with Crippen LogP contribution in [0.4, 0.5) is 5.69 Å². The van der Waals surface area contributed by atoms with Crippen molar-refractivity contribution < 1.29 is 14.4 Å². The van der Waals surface area contributed by atoms with E-state index in [1.807, 2.05) is 31.2 Å². The van der Waals surface area contributed by atoms with Crippen molar-refractivity contribution in [1.29, 1.82) is 0 Å². The smallest absolute Gasteiger partial charge is 0.258 e.